The van der Waals surface area contributed by atoms with Crippen molar-refractivity contribution in [3.05, 3.63) is 93.4 Å². The maximum absolute atomic E-state index is 12.4. The summed E-state index contributed by atoms with van der Waals surface area (Å²) >= 11 is 0. The number of carbonyl (C=O) groups is 4. The van der Waals surface area contributed by atoms with Crippen LogP contribution < -0.4 is 10.9 Å². The summed E-state index contributed by atoms with van der Waals surface area (Å²) in [5.74, 6) is -3.15. The van der Waals surface area contributed by atoms with Gasteiger partial charge in [0.05, 0.1) is 37.6 Å². The Hall–Kier alpha value is -4.80. The number of rotatable bonds is 8. The van der Waals surface area contributed by atoms with Crippen LogP contribution >= 0.6 is 0 Å². The Morgan fingerprint density at radius 1 is 0.886 bits per heavy atom. The van der Waals surface area contributed by atoms with Crippen molar-refractivity contribution in [3.8, 4) is 0 Å². The average Bonchev–Trinajstić information content (AvgIpc) is 2.88. The molecule has 1 N–H and O–H groups in total. The highest BCUT2D eigenvalue weighted by Crippen LogP contribution is 2.20. The molecular weight excluding hydrogens is 458 g/mol. The lowest BCUT2D eigenvalue weighted by Crippen LogP contribution is -2.27. The Kier molecular flexibility index (Phi) is 8.06. The summed E-state index contributed by atoms with van der Waals surface area (Å²) in [7, 11) is 2.35. The number of ether oxygens (including phenoxy) is 3. The monoisotopic (exact) mass is 479 g/mol. The van der Waals surface area contributed by atoms with E-state index in [9.17, 15) is 24.0 Å². The average molecular weight is 479 g/mol. The molecule has 11 nitrogen and oxygen atoms in total. The molecule has 0 unspecified atom stereocenters. The van der Waals surface area contributed by atoms with Crippen LogP contribution in [-0.2, 0) is 25.5 Å². The van der Waals surface area contributed by atoms with Crippen LogP contribution in [0.25, 0.3) is 0 Å². The second-order valence-corrected chi connectivity index (χ2v) is 7.07. The lowest BCUT2D eigenvalue weighted by molar-refractivity contribution is -0.119. The number of aromatic nitrogens is 2. The molecule has 1 heterocycles. The van der Waals surface area contributed by atoms with Gasteiger partial charge in [0, 0.05) is 6.07 Å². The zero-order valence-electron chi connectivity index (χ0n) is 18.8. The van der Waals surface area contributed by atoms with Crippen molar-refractivity contribution in [1.29, 1.82) is 0 Å². The van der Waals surface area contributed by atoms with E-state index in [1.165, 1.54) is 37.4 Å². The molecule has 11 heteroatoms. The predicted octanol–water partition coefficient (Wildman–Crippen LogP) is 1.66. The van der Waals surface area contributed by atoms with Gasteiger partial charge in [0.1, 0.15) is 0 Å². The van der Waals surface area contributed by atoms with Crippen LogP contribution in [0.15, 0.2) is 65.5 Å². The lowest BCUT2D eigenvalue weighted by atomic mass is 10.1. The Morgan fingerprint density at radius 3 is 2.29 bits per heavy atom. The molecule has 3 rings (SSSR count). The Morgan fingerprint density at radius 2 is 1.60 bits per heavy atom. The molecule has 180 valence electrons. The molecule has 1 amide bonds. The minimum absolute atomic E-state index is 0.0190. The van der Waals surface area contributed by atoms with Gasteiger partial charge in [0.25, 0.3) is 11.5 Å². The summed E-state index contributed by atoms with van der Waals surface area (Å²) in [5, 5.41) is 6.41. The number of hydrogen-bond acceptors (Lipinski definition) is 9. The number of methoxy groups -OCH3 is 2. The first kappa shape index (κ1) is 24.8. The molecule has 0 fully saturated rings. The maximum Gasteiger partial charge on any atom is 0.359 e. The van der Waals surface area contributed by atoms with Gasteiger partial charge in [-0.2, -0.15) is 5.10 Å². The summed E-state index contributed by atoms with van der Waals surface area (Å²) in [5.41, 5.74) is 0.255. The fraction of sp³-hybridized carbons (Fsp3) is 0.167. The highest BCUT2D eigenvalue weighted by atomic mass is 16.5. The van der Waals surface area contributed by atoms with Gasteiger partial charge in [-0.25, -0.2) is 19.1 Å². The van der Waals surface area contributed by atoms with Crippen LogP contribution in [0.4, 0.5) is 5.69 Å². The molecule has 0 aliphatic carbocycles. The number of benzene rings is 2. The first-order chi connectivity index (χ1) is 16.8. The Bertz CT molecular complexity index is 1320. The highest BCUT2D eigenvalue weighted by Gasteiger charge is 2.19. The number of carbonyl (C=O) groups excluding carboxylic acids is 4. The van der Waals surface area contributed by atoms with Crippen LogP contribution in [0.3, 0.4) is 0 Å². The van der Waals surface area contributed by atoms with Crippen LogP contribution in [0.5, 0.6) is 0 Å². The summed E-state index contributed by atoms with van der Waals surface area (Å²) in [6.07, 6.45) is 0. The van der Waals surface area contributed by atoms with E-state index in [1.54, 1.807) is 12.1 Å². The van der Waals surface area contributed by atoms with E-state index < -0.39 is 36.0 Å². The van der Waals surface area contributed by atoms with Gasteiger partial charge in [0.2, 0.25) is 0 Å². The Balaban J connectivity index is 1.69. The normalized spacial score (nSPS) is 10.2. The van der Waals surface area contributed by atoms with E-state index >= 15 is 0 Å². The molecule has 0 saturated carbocycles. The third-order valence-corrected chi connectivity index (χ3v) is 4.71. The van der Waals surface area contributed by atoms with E-state index in [2.05, 4.69) is 19.9 Å². The van der Waals surface area contributed by atoms with Gasteiger partial charge in [-0.3, -0.25) is 9.59 Å². The fourth-order valence-corrected chi connectivity index (χ4v) is 3.00. The van der Waals surface area contributed by atoms with Gasteiger partial charge in [-0.1, -0.05) is 30.3 Å². The number of nitrogens with zero attached hydrogens (tertiary/aromatic N) is 2. The third kappa shape index (κ3) is 6.38. The minimum Gasteiger partial charge on any atom is -0.465 e. The van der Waals surface area contributed by atoms with Crippen molar-refractivity contribution >= 4 is 29.5 Å². The van der Waals surface area contributed by atoms with Crippen molar-refractivity contribution in [1.82, 2.24) is 9.78 Å². The van der Waals surface area contributed by atoms with Crippen LogP contribution in [0.1, 0.15) is 36.8 Å². The molecule has 0 radical (unpaired) electrons. The topological polar surface area (TPSA) is 143 Å². The molecular formula is C24H21N3O8. The van der Waals surface area contributed by atoms with E-state index in [-0.39, 0.29) is 29.1 Å². The standard InChI is InChI=1S/C24H21N3O8/c1-33-22(30)16-8-9-17(23(31)34-2)19(12-16)25-20(28)14-35-24(32)18-10-11-21(29)27(26-18)13-15-6-4-3-5-7-15/h3-12H,13-14H2,1-2H3,(H,25,28). The molecule has 0 saturated heterocycles. The Labute approximate surface area is 199 Å². The second-order valence-electron chi connectivity index (χ2n) is 7.07. The van der Waals surface area contributed by atoms with Crippen LogP contribution in [-0.4, -0.2) is 54.4 Å². The fourth-order valence-electron chi connectivity index (χ4n) is 3.00. The summed E-state index contributed by atoms with van der Waals surface area (Å²) in [6.45, 7) is -0.574. The number of esters is 3. The zero-order chi connectivity index (χ0) is 25.4. The quantitative estimate of drug-likeness (QED) is 0.377. The van der Waals surface area contributed by atoms with Gasteiger partial charge < -0.3 is 19.5 Å². The van der Waals surface area contributed by atoms with Crippen molar-refractivity contribution in [2.24, 2.45) is 0 Å². The molecule has 0 aliphatic heterocycles. The van der Waals surface area contributed by atoms with Gasteiger partial charge in [-0.05, 0) is 29.8 Å². The number of amides is 1. The highest BCUT2D eigenvalue weighted by molar-refractivity contribution is 6.04. The molecule has 1 aromatic heterocycles. The van der Waals surface area contributed by atoms with E-state index in [4.69, 9.17) is 4.74 Å². The molecule has 0 atom stereocenters. The summed E-state index contributed by atoms with van der Waals surface area (Å²) < 4.78 is 15.4. The molecule has 35 heavy (non-hydrogen) atoms. The smallest absolute Gasteiger partial charge is 0.359 e. The van der Waals surface area contributed by atoms with Crippen molar-refractivity contribution in [2.75, 3.05) is 26.1 Å². The van der Waals surface area contributed by atoms with Crippen molar-refractivity contribution < 1.29 is 33.4 Å². The number of hydrogen-bond donors (Lipinski definition) is 1. The zero-order valence-corrected chi connectivity index (χ0v) is 18.8. The van der Waals surface area contributed by atoms with E-state index in [1.807, 2.05) is 18.2 Å². The molecule has 2 aromatic carbocycles. The summed E-state index contributed by atoms with van der Waals surface area (Å²) in [4.78, 5) is 60.7. The predicted molar refractivity (Wildman–Crippen MR) is 122 cm³/mol. The lowest BCUT2D eigenvalue weighted by Gasteiger charge is -2.12. The third-order valence-electron chi connectivity index (χ3n) is 4.71. The maximum atomic E-state index is 12.4. The summed E-state index contributed by atoms with van der Waals surface area (Å²) in [6, 6.07) is 15.3. The van der Waals surface area contributed by atoms with Crippen molar-refractivity contribution in [3.63, 3.8) is 0 Å². The SMILES string of the molecule is COC(=O)c1ccc(C(=O)OC)c(NC(=O)COC(=O)c2ccc(=O)n(Cc3ccccc3)n2)c1. The van der Waals surface area contributed by atoms with E-state index in [0.717, 1.165) is 17.4 Å². The van der Waals surface area contributed by atoms with Crippen LogP contribution in [0, 0.1) is 0 Å². The van der Waals surface area contributed by atoms with Gasteiger partial charge >= 0.3 is 17.9 Å². The first-order valence-corrected chi connectivity index (χ1v) is 10.2. The van der Waals surface area contributed by atoms with Crippen LogP contribution in [0.2, 0.25) is 0 Å². The van der Waals surface area contributed by atoms with E-state index in [0.29, 0.717) is 0 Å². The molecule has 0 aliphatic rings. The largest absolute Gasteiger partial charge is 0.465 e. The number of anilines is 1. The minimum atomic E-state index is -0.932. The molecule has 0 bridgehead atoms. The number of nitrogens with one attached hydrogen (secondary N) is 1. The van der Waals surface area contributed by atoms with Crippen molar-refractivity contribution in [2.45, 2.75) is 6.54 Å². The van der Waals surface area contributed by atoms with Gasteiger partial charge in [-0.15, -0.1) is 0 Å². The van der Waals surface area contributed by atoms with Gasteiger partial charge in [0.15, 0.2) is 12.3 Å². The molecule has 0 spiro atoms. The first-order valence-electron chi connectivity index (χ1n) is 10.2. The second kappa shape index (κ2) is 11.4. The molecule has 3 aromatic rings.